The van der Waals surface area contributed by atoms with Crippen molar-refractivity contribution in [3.63, 3.8) is 0 Å². The summed E-state index contributed by atoms with van der Waals surface area (Å²) in [6, 6.07) is 13.0. The summed E-state index contributed by atoms with van der Waals surface area (Å²) >= 11 is 0. The van der Waals surface area contributed by atoms with Gasteiger partial charge in [-0.15, -0.1) is 0 Å². The van der Waals surface area contributed by atoms with Gasteiger partial charge in [-0.05, 0) is 42.7 Å². The summed E-state index contributed by atoms with van der Waals surface area (Å²) in [5.74, 6) is -1.08. The number of nitrogens with zero attached hydrogens (tertiary/aromatic N) is 2. The van der Waals surface area contributed by atoms with E-state index in [1.165, 1.54) is 29.2 Å². The van der Waals surface area contributed by atoms with Crippen molar-refractivity contribution in [1.82, 2.24) is 10.2 Å². The van der Waals surface area contributed by atoms with Gasteiger partial charge in [0.1, 0.15) is 18.4 Å². The van der Waals surface area contributed by atoms with Crippen LogP contribution in [0, 0.1) is 11.7 Å². The van der Waals surface area contributed by atoms with Gasteiger partial charge < -0.3 is 10.2 Å². The average Bonchev–Trinajstić information content (AvgIpc) is 2.74. The van der Waals surface area contributed by atoms with E-state index in [9.17, 15) is 22.4 Å². The Morgan fingerprint density at radius 2 is 1.59 bits per heavy atom. The van der Waals surface area contributed by atoms with Gasteiger partial charge in [0, 0.05) is 13.1 Å². The number of carbonyl (C=O) groups excluding carboxylic acids is 2. The van der Waals surface area contributed by atoms with Crippen LogP contribution in [0.15, 0.2) is 54.6 Å². The fourth-order valence-corrected chi connectivity index (χ4v) is 3.88. The third-order valence-electron chi connectivity index (χ3n) is 4.84. The minimum Gasteiger partial charge on any atom is -0.354 e. The van der Waals surface area contributed by atoms with Crippen LogP contribution in [0.2, 0.25) is 0 Å². The van der Waals surface area contributed by atoms with Gasteiger partial charge in [0.15, 0.2) is 0 Å². The van der Waals surface area contributed by atoms with Gasteiger partial charge in [-0.3, -0.25) is 13.9 Å². The van der Waals surface area contributed by atoms with E-state index in [1.807, 2.05) is 13.8 Å². The van der Waals surface area contributed by atoms with Gasteiger partial charge in [-0.25, -0.2) is 12.8 Å². The van der Waals surface area contributed by atoms with Crippen LogP contribution in [0.5, 0.6) is 0 Å². The molecule has 9 heteroatoms. The van der Waals surface area contributed by atoms with E-state index in [4.69, 9.17) is 0 Å². The van der Waals surface area contributed by atoms with E-state index in [0.29, 0.717) is 17.8 Å². The molecule has 0 bridgehead atoms. The lowest BCUT2D eigenvalue weighted by atomic mass is 10.1. The predicted molar refractivity (Wildman–Crippen MR) is 123 cm³/mol. The molecule has 2 aromatic rings. The number of hydrogen-bond acceptors (Lipinski definition) is 4. The second kappa shape index (κ2) is 11.1. The minimum absolute atomic E-state index is 0.0295. The van der Waals surface area contributed by atoms with Crippen LogP contribution in [0.4, 0.5) is 10.1 Å². The van der Waals surface area contributed by atoms with Crippen LogP contribution >= 0.6 is 0 Å². The van der Waals surface area contributed by atoms with E-state index < -0.39 is 34.3 Å². The van der Waals surface area contributed by atoms with E-state index in [0.717, 1.165) is 10.6 Å². The van der Waals surface area contributed by atoms with E-state index in [1.54, 1.807) is 37.3 Å². The number of carbonyl (C=O) groups is 2. The van der Waals surface area contributed by atoms with Crippen LogP contribution < -0.4 is 9.62 Å². The van der Waals surface area contributed by atoms with E-state index in [-0.39, 0.29) is 18.4 Å². The SMILES string of the molecule is CC(C)CNC(=O)[C@@H](C)N(Cc1ccc(F)cc1)C(=O)CN(c1ccccc1)S(C)(=O)=O. The van der Waals surface area contributed by atoms with Gasteiger partial charge in [-0.1, -0.05) is 44.2 Å². The molecule has 0 fully saturated rings. The van der Waals surface area contributed by atoms with Crippen molar-refractivity contribution in [3.05, 3.63) is 66.0 Å². The molecule has 2 rings (SSSR count). The zero-order chi connectivity index (χ0) is 23.9. The molecule has 0 aliphatic carbocycles. The lowest BCUT2D eigenvalue weighted by molar-refractivity contribution is -0.139. The normalized spacial score (nSPS) is 12.3. The molecule has 0 spiro atoms. The summed E-state index contributed by atoms with van der Waals surface area (Å²) in [4.78, 5) is 27.3. The first kappa shape index (κ1) is 25.3. The molecular weight excluding hydrogens is 433 g/mol. The van der Waals surface area contributed by atoms with Crippen molar-refractivity contribution >= 4 is 27.5 Å². The Kier molecular flexibility index (Phi) is 8.77. The standard InChI is InChI=1S/C23H30FN3O4S/c1-17(2)14-25-23(29)18(3)26(15-19-10-12-20(24)13-11-19)22(28)16-27(32(4,30)31)21-8-6-5-7-9-21/h5-13,17-18H,14-16H2,1-4H3,(H,25,29)/t18-/m1/s1. The lowest BCUT2D eigenvalue weighted by Crippen LogP contribution is -2.51. The summed E-state index contributed by atoms with van der Waals surface area (Å²) < 4.78 is 39.1. The Hall–Kier alpha value is -2.94. The molecule has 0 aliphatic heterocycles. The maximum absolute atomic E-state index is 13.3. The Balaban J connectivity index is 2.32. The molecule has 1 N–H and O–H groups in total. The molecule has 174 valence electrons. The Morgan fingerprint density at radius 1 is 1.00 bits per heavy atom. The highest BCUT2D eigenvalue weighted by molar-refractivity contribution is 7.92. The summed E-state index contributed by atoms with van der Waals surface area (Å²) in [5, 5.41) is 2.80. The monoisotopic (exact) mass is 463 g/mol. The number of sulfonamides is 1. The van der Waals surface area contributed by atoms with Crippen LogP contribution in [0.1, 0.15) is 26.3 Å². The summed E-state index contributed by atoms with van der Waals surface area (Å²) in [5.41, 5.74) is 0.968. The van der Waals surface area contributed by atoms with Crippen LogP contribution in [0.25, 0.3) is 0 Å². The van der Waals surface area contributed by atoms with Gasteiger partial charge in [0.25, 0.3) is 0 Å². The molecule has 0 heterocycles. The van der Waals surface area contributed by atoms with Crippen molar-refractivity contribution in [2.45, 2.75) is 33.4 Å². The number of para-hydroxylation sites is 1. The summed E-state index contributed by atoms with van der Waals surface area (Å²) in [6.07, 6.45) is 1.02. The molecule has 0 radical (unpaired) electrons. The third kappa shape index (κ3) is 7.33. The molecule has 2 aromatic carbocycles. The number of rotatable bonds is 10. The minimum atomic E-state index is -3.76. The topological polar surface area (TPSA) is 86.8 Å². The highest BCUT2D eigenvalue weighted by atomic mass is 32.2. The average molecular weight is 464 g/mol. The van der Waals surface area contributed by atoms with Crippen molar-refractivity contribution in [3.8, 4) is 0 Å². The van der Waals surface area contributed by atoms with Gasteiger partial charge >= 0.3 is 0 Å². The van der Waals surface area contributed by atoms with Gasteiger partial charge in [0.2, 0.25) is 21.8 Å². The zero-order valence-corrected chi connectivity index (χ0v) is 19.6. The second-order valence-electron chi connectivity index (χ2n) is 8.07. The molecular formula is C23H30FN3O4S. The number of nitrogens with one attached hydrogen (secondary N) is 1. The fourth-order valence-electron chi connectivity index (χ4n) is 3.03. The quantitative estimate of drug-likeness (QED) is 0.587. The first-order valence-electron chi connectivity index (χ1n) is 10.3. The number of anilines is 1. The van der Waals surface area contributed by atoms with Crippen LogP contribution in [-0.2, 0) is 26.2 Å². The Labute approximate surface area is 189 Å². The number of halogens is 1. The highest BCUT2D eigenvalue weighted by Gasteiger charge is 2.30. The molecule has 0 saturated heterocycles. The maximum atomic E-state index is 13.3. The maximum Gasteiger partial charge on any atom is 0.244 e. The molecule has 7 nitrogen and oxygen atoms in total. The van der Waals surface area contributed by atoms with Gasteiger partial charge in [0.05, 0.1) is 11.9 Å². The number of benzene rings is 2. The molecule has 2 amide bonds. The number of hydrogen-bond donors (Lipinski definition) is 1. The van der Waals surface area contributed by atoms with Crippen molar-refractivity contribution in [2.24, 2.45) is 5.92 Å². The van der Waals surface area contributed by atoms with Crippen molar-refractivity contribution in [2.75, 3.05) is 23.7 Å². The molecule has 0 saturated carbocycles. The lowest BCUT2D eigenvalue weighted by Gasteiger charge is -2.31. The van der Waals surface area contributed by atoms with Crippen LogP contribution in [-0.4, -0.2) is 50.5 Å². The molecule has 0 aliphatic rings. The molecule has 32 heavy (non-hydrogen) atoms. The summed E-state index contributed by atoms with van der Waals surface area (Å²) in [7, 11) is -3.76. The largest absolute Gasteiger partial charge is 0.354 e. The van der Waals surface area contributed by atoms with Crippen molar-refractivity contribution < 1.29 is 22.4 Å². The third-order valence-corrected chi connectivity index (χ3v) is 5.98. The van der Waals surface area contributed by atoms with Crippen molar-refractivity contribution in [1.29, 1.82) is 0 Å². The van der Waals surface area contributed by atoms with Gasteiger partial charge in [-0.2, -0.15) is 0 Å². The Bertz CT molecular complexity index is 1010. The molecule has 0 unspecified atom stereocenters. The highest BCUT2D eigenvalue weighted by Crippen LogP contribution is 2.18. The molecule has 0 aromatic heterocycles. The smallest absolute Gasteiger partial charge is 0.244 e. The van der Waals surface area contributed by atoms with E-state index in [2.05, 4.69) is 5.32 Å². The number of amides is 2. The van der Waals surface area contributed by atoms with E-state index >= 15 is 0 Å². The zero-order valence-electron chi connectivity index (χ0n) is 18.8. The Morgan fingerprint density at radius 3 is 2.12 bits per heavy atom. The first-order valence-corrected chi connectivity index (χ1v) is 12.2. The summed E-state index contributed by atoms with van der Waals surface area (Å²) in [6.45, 7) is 5.51. The first-order chi connectivity index (χ1) is 15.0. The molecule has 1 atom stereocenters. The predicted octanol–water partition coefficient (Wildman–Crippen LogP) is 2.78. The van der Waals surface area contributed by atoms with Crippen LogP contribution in [0.3, 0.4) is 0 Å². The second-order valence-corrected chi connectivity index (χ2v) is 9.98. The fraction of sp³-hybridized carbons (Fsp3) is 0.391.